The maximum atomic E-state index is 12.1. The van der Waals surface area contributed by atoms with Crippen molar-refractivity contribution < 1.29 is 23.8 Å². The summed E-state index contributed by atoms with van der Waals surface area (Å²) < 4.78 is 16.7. The van der Waals surface area contributed by atoms with Crippen LogP contribution in [-0.4, -0.2) is 24.3 Å². The fourth-order valence-electron chi connectivity index (χ4n) is 2.88. The Labute approximate surface area is 135 Å². The molecule has 2 aliphatic rings. The molecule has 1 fully saturated rings. The highest BCUT2D eigenvalue weighted by Crippen LogP contribution is 2.43. The Bertz CT molecular complexity index is 623. The van der Waals surface area contributed by atoms with E-state index in [-0.39, 0.29) is 24.2 Å². The van der Waals surface area contributed by atoms with Gasteiger partial charge in [-0.15, -0.1) is 0 Å². The molecule has 6 heteroatoms. The van der Waals surface area contributed by atoms with Crippen molar-refractivity contribution in [3.05, 3.63) is 18.2 Å². The maximum absolute atomic E-state index is 12.1. The van der Waals surface area contributed by atoms with Crippen molar-refractivity contribution in [2.24, 2.45) is 5.92 Å². The van der Waals surface area contributed by atoms with Crippen molar-refractivity contribution >= 4 is 17.6 Å². The van der Waals surface area contributed by atoms with Gasteiger partial charge >= 0.3 is 5.97 Å². The second-order valence-electron chi connectivity index (χ2n) is 5.99. The van der Waals surface area contributed by atoms with Gasteiger partial charge in [0.15, 0.2) is 11.5 Å². The Morgan fingerprint density at radius 3 is 2.65 bits per heavy atom. The molecule has 0 unspecified atom stereocenters. The summed E-state index contributed by atoms with van der Waals surface area (Å²) in [7, 11) is 0. The number of rotatable bonds is 5. The molecule has 6 nitrogen and oxygen atoms in total. The number of ether oxygens (including phenoxy) is 3. The Kier molecular flexibility index (Phi) is 4.15. The minimum absolute atomic E-state index is 0.0376. The standard InChI is InChI=1S/C17H21NO5/c1-3-17(4-2)22-13-6-5-12(9-14(13)23-17)18-15(19)7-11-8-16(20)21-10-11/h5-6,9,11H,3-4,7-8,10H2,1-2H3,(H,18,19)/t11-/m1/s1. The number of nitrogens with one attached hydrogen (secondary N) is 1. The van der Waals surface area contributed by atoms with Crippen molar-refractivity contribution in [1.29, 1.82) is 0 Å². The van der Waals surface area contributed by atoms with Crippen LogP contribution in [0.25, 0.3) is 0 Å². The summed E-state index contributed by atoms with van der Waals surface area (Å²) in [6.45, 7) is 4.36. The Morgan fingerprint density at radius 2 is 2.00 bits per heavy atom. The highest BCUT2D eigenvalue weighted by atomic mass is 16.7. The zero-order valence-corrected chi connectivity index (χ0v) is 13.4. The summed E-state index contributed by atoms with van der Waals surface area (Å²) in [6.07, 6.45) is 2.07. The average molecular weight is 319 g/mol. The molecule has 0 radical (unpaired) electrons. The van der Waals surface area contributed by atoms with Gasteiger partial charge in [0, 0.05) is 36.9 Å². The lowest BCUT2D eigenvalue weighted by molar-refractivity contribution is -0.138. The first-order valence-electron chi connectivity index (χ1n) is 8.01. The van der Waals surface area contributed by atoms with E-state index in [9.17, 15) is 9.59 Å². The molecule has 23 heavy (non-hydrogen) atoms. The summed E-state index contributed by atoms with van der Waals surface area (Å²) in [6, 6.07) is 5.37. The number of anilines is 1. The van der Waals surface area contributed by atoms with Crippen LogP contribution in [0.1, 0.15) is 39.5 Å². The zero-order valence-electron chi connectivity index (χ0n) is 13.4. The van der Waals surface area contributed by atoms with Crippen LogP contribution >= 0.6 is 0 Å². The van der Waals surface area contributed by atoms with Crippen molar-refractivity contribution in [3.8, 4) is 11.5 Å². The van der Waals surface area contributed by atoms with Crippen molar-refractivity contribution in [2.45, 2.75) is 45.3 Å². The fraction of sp³-hybridized carbons (Fsp3) is 0.529. The number of cyclic esters (lactones) is 1. The van der Waals surface area contributed by atoms with Gasteiger partial charge in [0.05, 0.1) is 13.0 Å². The molecule has 2 aliphatic heterocycles. The SMILES string of the molecule is CCC1(CC)Oc2ccc(NC(=O)C[C@H]3COC(=O)C3)cc2O1. The van der Waals surface area contributed by atoms with E-state index in [2.05, 4.69) is 5.32 Å². The average Bonchev–Trinajstić information content (AvgIpc) is 3.10. The molecule has 1 amide bonds. The third kappa shape index (κ3) is 3.25. The molecule has 0 saturated carbocycles. The lowest BCUT2D eigenvalue weighted by Gasteiger charge is -2.24. The van der Waals surface area contributed by atoms with Crippen LogP contribution in [0.5, 0.6) is 11.5 Å². The van der Waals surface area contributed by atoms with E-state index in [4.69, 9.17) is 14.2 Å². The molecule has 0 spiro atoms. The number of benzene rings is 1. The number of carbonyl (C=O) groups excluding carboxylic acids is 2. The quantitative estimate of drug-likeness (QED) is 0.845. The first-order chi connectivity index (χ1) is 11.0. The molecular formula is C17H21NO5. The van der Waals surface area contributed by atoms with E-state index in [0.29, 0.717) is 30.2 Å². The molecule has 0 aromatic heterocycles. The topological polar surface area (TPSA) is 73.9 Å². The van der Waals surface area contributed by atoms with Gasteiger partial charge in [-0.05, 0) is 12.1 Å². The third-order valence-corrected chi connectivity index (χ3v) is 4.31. The largest absolute Gasteiger partial charge is 0.465 e. The molecule has 1 aromatic rings. The molecule has 1 saturated heterocycles. The van der Waals surface area contributed by atoms with Gasteiger partial charge in [-0.2, -0.15) is 0 Å². The first kappa shape index (κ1) is 15.6. The number of fused-ring (bicyclic) bond motifs is 1. The molecule has 1 atom stereocenters. The third-order valence-electron chi connectivity index (χ3n) is 4.31. The summed E-state index contributed by atoms with van der Waals surface area (Å²) in [4.78, 5) is 23.1. The van der Waals surface area contributed by atoms with Crippen LogP contribution in [0.2, 0.25) is 0 Å². The summed E-state index contributed by atoms with van der Waals surface area (Å²) in [5.74, 6) is 0.328. The van der Waals surface area contributed by atoms with Crippen LogP contribution < -0.4 is 14.8 Å². The van der Waals surface area contributed by atoms with Crippen LogP contribution in [0.3, 0.4) is 0 Å². The van der Waals surface area contributed by atoms with Crippen molar-refractivity contribution in [2.75, 3.05) is 11.9 Å². The van der Waals surface area contributed by atoms with E-state index in [1.54, 1.807) is 18.2 Å². The molecule has 3 rings (SSSR count). The van der Waals surface area contributed by atoms with Crippen molar-refractivity contribution in [3.63, 3.8) is 0 Å². The Morgan fingerprint density at radius 1 is 1.26 bits per heavy atom. The highest BCUT2D eigenvalue weighted by molar-refractivity contribution is 5.91. The summed E-state index contributed by atoms with van der Waals surface area (Å²) in [5.41, 5.74) is 0.658. The molecule has 1 aromatic carbocycles. The number of carbonyl (C=O) groups is 2. The van der Waals surface area contributed by atoms with E-state index in [0.717, 1.165) is 12.8 Å². The second kappa shape index (κ2) is 6.10. The minimum atomic E-state index is -0.605. The van der Waals surface area contributed by atoms with Gasteiger partial charge in [-0.25, -0.2) is 0 Å². The number of esters is 1. The van der Waals surface area contributed by atoms with Crippen molar-refractivity contribution in [1.82, 2.24) is 0 Å². The van der Waals surface area contributed by atoms with E-state index < -0.39 is 5.79 Å². The van der Waals surface area contributed by atoms with E-state index in [1.165, 1.54) is 0 Å². The van der Waals surface area contributed by atoms with E-state index in [1.807, 2.05) is 13.8 Å². The molecule has 1 N–H and O–H groups in total. The smallest absolute Gasteiger partial charge is 0.306 e. The molecule has 0 aliphatic carbocycles. The lowest BCUT2D eigenvalue weighted by Crippen LogP contribution is -2.36. The number of hydrogen-bond acceptors (Lipinski definition) is 5. The fourth-order valence-corrected chi connectivity index (χ4v) is 2.88. The van der Waals surface area contributed by atoms with Crippen LogP contribution in [0.4, 0.5) is 5.69 Å². The van der Waals surface area contributed by atoms with E-state index >= 15 is 0 Å². The predicted octanol–water partition coefficient (Wildman–Crippen LogP) is 2.87. The van der Waals surface area contributed by atoms with Crippen LogP contribution in [-0.2, 0) is 14.3 Å². The minimum Gasteiger partial charge on any atom is -0.465 e. The lowest BCUT2D eigenvalue weighted by atomic mass is 10.0. The first-order valence-corrected chi connectivity index (χ1v) is 8.01. The van der Waals surface area contributed by atoms with Gasteiger partial charge in [0.1, 0.15) is 0 Å². The maximum Gasteiger partial charge on any atom is 0.306 e. The monoisotopic (exact) mass is 319 g/mol. The Hall–Kier alpha value is -2.24. The predicted molar refractivity (Wildman–Crippen MR) is 83.3 cm³/mol. The van der Waals surface area contributed by atoms with Crippen LogP contribution in [0, 0.1) is 5.92 Å². The van der Waals surface area contributed by atoms with Gasteiger partial charge in [-0.3, -0.25) is 9.59 Å². The zero-order chi connectivity index (χ0) is 16.4. The molecular weight excluding hydrogens is 298 g/mol. The molecule has 2 heterocycles. The summed E-state index contributed by atoms with van der Waals surface area (Å²) in [5, 5.41) is 2.84. The second-order valence-corrected chi connectivity index (χ2v) is 5.99. The van der Waals surface area contributed by atoms with Gasteiger partial charge in [-0.1, -0.05) is 13.8 Å². The molecule has 0 bridgehead atoms. The molecule has 124 valence electrons. The van der Waals surface area contributed by atoms with Gasteiger partial charge in [0.25, 0.3) is 5.79 Å². The normalized spacial score (nSPS) is 21.1. The summed E-state index contributed by atoms with van der Waals surface area (Å²) >= 11 is 0. The van der Waals surface area contributed by atoms with Gasteiger partial charge < -0.3 is 19.5 Å². The van der Waals surface area contributed by atoms with Gasteiger partial charge in [0.2, 0.25) is 5.91 Å². The number of amides is 1. The highest BCUT2D eigenvalue weighted by Gasteiger charge is 2.38. The Balaban J connectivity index is 1.62. The van der Waals surface area contributed by atoms with Crippen LogP contribution in [0.15, 0.2) is 18.2 Å². The number of hydrogen-bond donors (Lipinski definition) is 1.